The molecule has 0 bridgehead atoms. The van der Waals surface area contributed by atoms with E-state index in [0.29, 0.717) is 18.1 Å². The molecule has 1 aromatic carbocycles. The zero-order chi connectivity index (χ0) is 15.3. The maximum Gasteiger partial charge on any atom is 0.161 e. The molecule has 0 saturated heterocycles. The van der Waals surface area contributed by atoms with Gasteiger partial charge in [0.15, 0.2) is 11.5 Å². The number of ether oxygens (including phenoxy) is 2. The summed E-state index contributed by atoms with van der Waals surface area (Å²) in [4.78, 5) is 0. The first-order valence-electron chi connectivity index (χ1n) is 8.10. The molecule has 0 heterocycles. The summed E-state index contributed by atoms with van der Waals surface area (Å²) < 4.78 is 11.0. The Hall–Kier alpha value is -1.22. The highest BCUT2D eigenvalue weighted by atomic mass is 16.5. The van der Waals surface area contributed by atoms with E-state index in [4.69, 9.17) is 9.47 Å². The third kappa shape index (κ3) is 4.13. The van der Waals surface area contributed by atoms with Gasteiger partial charge >= 0.3 is 0 Å². The minimum atomic E-state index is 0.396. The van der Waals surface area contributed by atoms with Crippen LogP contribution in [0.5, 0.6) is 11.5 Å². The van der Waals surface area contributed by atoms with Gasteiger partial charge in [-0.05, 0) is 42.9 Å². The molecule has 1 N–H and O–H groups in total. The Morgan fingerprint density at radius 2 is 2.05 bits per heavy atom. The van der Waals surface area contributed by atoms with Crippen molar-refractivity contribution in [1.82, 2.24) is 5.32 Å². The van der Waals surface area contributed by atoms with Crippen molar-refractivity contribution < 1.29 is 9.47 Å². The maximum atomic E-state index is 5.65. The van der Waals surface area contributed by atoms with E-state index in [0.717, 1.165) is 18.0 Å². The van der Waals surface area contributed by atoms with Crippen LogP contribution in [0.25, 0.3) is 0 Å². The smallest absolute Gasteiger partial charge is 0.161 e. The number of rotatable bonds is 6. The summed E-state index contributed by atoms with van der Waals surface area (Å²) in [6.07, 6.45) is 5.30. The molecule has 1 saturated carbocycles. The third-order valence-electron chi connectivity index (χ3n) is 4.59. The Morgan fingerprint density at radius 1 is 1.24 bits per heavy atom. The van der Waals surface area contributed by atoms with Crippen molar-refractivity contribution in [3.8, 4) is 11.5 Å². The molecule has 1 unspecified atom stereocenters. The van der Waals surface area contributed by atoms with Crippen LogP contribution in [-0.2, 0) is 6.54 Å². The van der Waals surface area contributed by atoms with Crippen LogP contribution < -0.4 is 14.8 Å². The Kier molecular flexibility index (Phi) is 5.51. The lowest BCUT2D eigenvalue weighted by molar-refractivity contribution is 0.166. The molecule has 1 fully saturated rings. The number of nitrogens with one attached hydrogen (secondary N) is 1. The predicted molar refractivity (Wildman–Crippen MR) is 87.0 cm³/mol. The summed E-state index contributed by atoms with van der Waals surface area (Å²) in [5, 5.41) is 3.74. The molecule has 0 amide bonds. The first-order chi connectivity index (χ1) is 10.1. The molecule has 1 aliphatic rings. The minimum Gasteiger partial charge on any atom is -0.493 e. The van der Waals surface area contributed by atoms with Crippen molar-refractivity contribution in [3.63, 3.8) is 0 Å². The van der Waals surface area contributed by atoms with Gasteiger partial charge in [0.1, 0.15) is 0 Å². The van der Waals surface area contributed by atoms with Crippen LogP contribution in [-0.4, -0.2) is 19.8 Å². The monoisotopic (exact) mass is 291 g/mol. The fourth-order valence-electron chi connectivity index (χ4n) is 3.21. The maximum absolute atomic E-state index is 5.65. The summed E-state index contributed by atoms with van der Waals surface area (Å²) in [7, 11) is 1.68. The fraction of sp³-hybridized carbons (Fsp3) is 0.667. The zero-order valence-electron chi connectivity index (χ0n) is 13.9. The largest absolute Gasteiger partial charge is 0.493 e. The van der Waals surface area contributed by atoms with Crippen LogP contribution in [0.1, 0.15) is 52.0 Å². The third-order valence-corrected chi connectivity index (χ3v) is 4.59. The standard InChI is InChI=1S/C18H29NO2/c1-5-21-16-12-14(9-10-15(16)20-4)13-19-17-8-6-7-11-18(17,2)3/h9-10,12,17,19H,5-8,11,13H2,1-4H3. The molecule has 2 rings (SSSR count). The van der Waals surface area contributed by atoms with E-state index in [2.05, 4.69) is 31.3 Å². The molecule has 1 aliphatic carbocycles. The quantitative estimate of drug-likeness (QED) is 0.854. The van der Waals surface area contributed by atoms with Gasteiger partial charge in [-0.1, -0.05) is 32.8 Å². The van der Waals surface area contributed by atoms with Crippen molar-refractivity contribution >= 4 is 0 Å². The van der Waals surface area contributed by atoms with Crippen LogP contribution in [0.15, 0.2) is 18.2 Å². The van der Waals surface area contributed by atoms with Crippen molar-refractivity contribution in [3.05, 3.63) is 23.8 Å². The van der Waals surface area contributed by atoms with Crippen LogP contribution in [0.2, 0.25) is 0 Å². The van der Waals surface area contributed by atoms with E-state index in [1.54, 1.807) is 7.11 Å². The highest BCUT2D eigenvalue weighted by molar-refractivity contribution is 5.42. The lowest BCUT2D eigenvalue weighted by Gasteiger charge is -2.39. The molecule has 0 aromatic heterocycles. The Morgan fingerprint density at radius 3 is 2.71 bits per heavy atom. The summed E-state index contributed by atoms with van der Waals surface area (Å²) in [5.74, 6) is 1.64. The Labute approximate surface area is 129 Å². The van der Waals surface area contributed by atoms with Crippen LogP contribution >= 0.6 is 0 Å². The van der Waals surface area contributed by atoms with Gasteiger partial charge < -0.3 is 14.8 Å². The fourth-order valence-corrected chi connectivity index (χ4v) is 3.21. The molecule has 0 radical (unpaired) electrons. The topological polar surface area (TPSA) is 30.5 Å². The number of methoxy groups -OCH3 is 1. The second-order valence-corrected chi connectivity index (χ2v) is 6.59. The predicted octanol–water partition coefficient (Wildman–Crippen LogP) is 4.15. The van der Waals surface area contributed by atoms with E-state index in [1.165, 1.54) is 31.2 Å². The minimum absolute atomic E-state index is 0.396. The first-order valence-corrected chi connectivity index (χ1v) is 8.10. The average Bonchev–Trinajstić information content (AvgIpc) is 2.46. The van der Waals surface area contributed by atoms with Crippen LogP contribution in [0.3, 0.4) is 0 Å². The number of hydrogen-bond donors (Lipinski definition) is 1. The lowest BCUT2D eigenvalue weighted by atomic mass is 9.73. The van der Waals surface area contributed by atoms with E-state index in [-0.39, 0.29) is 0 Å². The second-order valence-electron chi connectivity index (χ2n) is 6.59. The summed E-state index contributed by atoms with van der Waals surface area (Å²) in [6, 6.07) is 6.80. The molecular formula is C18H29NO2. The van der Waals surface area contributed by atoms with Gasteiger partial charge in [-0.2, -0.15) is 0 Å². The van der Waals surface area contributed by atoms with Gasteiger partial charge in [0.25, 0.3) is 0 Å². The van der Waals surface area contributed by atoms with Crippen molar-refractivity contribution in [1.29, 1.82) is 0 Å². The lowest BCUT2D eigenvalue weighted by Crippen LogP contribution is -2.43. The zero-order valence-corrected chi connectivity index (χ0v) is 13.9. The summed E-state index contributed by atoms with van der Waals surface area (Å²) >= 11 is 0. The van der Waals surface area contributed by atoms with Gasteiger partial charge in [0.05, 0.1) is 13.7 Å². The molecule has 0 aliphatic heterocycles. The van der Waals surface area contributed by atoms with E-state index < -0.39 is 0 Å². The van der Waals surface area contributed by atoms with Crippen molar-refractivity contribution in [2.24, 2.45) is 5.41 Å². The number of hydrogen-bond acceptors (Lipinski definition) is 3. The molecular weight excluding hydrogens is 262 g/mol. The molecule has 3 nitrogen and oxygen atoms in total. The SMILES string of the molecule is CCOc1cc(CNC2CCCCC2(C)C)ccc1OC. The van der Waals surface area contributed by atoms with E-state index >= 15 is 0 Å². The van der Waals surface area contributed by atoms with Crippen molar-refractivity contribution in [2.75, 3.05) is 13.7 Å². The highest BCUT2D eigenvalue weighted by Crippen LogP contribution is 2.35. The number of benzene rings is 1. The molecule has 118 valence electrons. The van der Waals surface area contributed by atoms with Gasteiger partial charge in [-0.3, -0.25) is 0 Å². The first kappa shape index (κ1) is 16.2. The van der Waals surface area contributed by atoms with E-state index in [1.807, 2.05) is 13.0 Å². The van der Waals surface area contributed by atoms with Gasteiger partial charge in [-0.25, -0.2) is 0 Å². The second kappa shape index (κ2) is 7.17. The van der Waals surface area contributed by atoms with E-state index in [9.17, 15) is 0 Å². The van der Waals surface area contributed by atoms with Gasteiger partial charge in [0, 0.05) is 12.6 Å². The molecule has 3 heteroatoms. The van der Waals surface area contributed by atoms with Crippen LogP contribution in [0.4, 0.5) is 0 Å². The Balaban J connectivity index is 2.01. The van der Waals surface area contributed by atoms with Gasteiger partial charge in [-0.15, -0.1) is 0 Å². The molecule has 1 atom stereocenters. The average molecular weight is 291 g/mol. The molecule has 1 aromatic rings. The summed E-state index contributed by atoms with van der Waals surface area (Å²) in [5.41, 5.74) is 1.65. The van der Waals surface area contributed by atoms with Gasteiger partial charge in [0.2, 0.25) is 0 Å². The molecule has 0 spiro atoms. The highest BCUT2D eigenvalue weighted by Gasteiger charge is 2.31. The normalized spacial score (nSPS) is 21.0. The van der Waals surface area contributed by atoms with Crippen molar-refractivity contribution in [2.45, 2.75) is 59.0 Å². The summed E-state index contributed by atoms with van der Waals surface area (Å²) in [6.45, 7) is 8.29. The van der Waals surface area contributed by atoms with Crippen LogP contribution in [0, 0.1) is 5.41 Å². The Bertz CT molecular complexity index is 457. The molecule has 21 heavy (non-hydrogen) atoms.